The molecule has 0 unspecified atom stereocenters. The van der Waals surface area contributed by atoms with Gasteiger partial charge in [0, 0.05) is 19.2 Å². The summed E-state index contributed by atoms with van der Waals surface area (Å²) in [5.41, 5.74) is 0.725. The highest BCUT2D eigenvalue weighted by Crippen LogP contribution is 1.93. The van der Waals surface area contributed by atoms with E-state index < -0.39 is 5.97 Å². The fourth-order valence-corrected chi connectivity index (χ4v) is 1.28. The van der Waals surface area contributed by atoms with E-state index in [0.29, 0.717) is 25.3 Å². The molecule has 7 heteroatoms. The Kier molecular flexibility index (Phi) is 5.56. The smallest absolute Gasteiger partial charge is 0.315 e. The van der Waals surface area contributed by atoms with Gasteiger partial charge in [-0.2, -0.15) is 0 Å². The van der Waals surface area contributed by atoms with Gasteiger partial charge < -0.3 is 15.7 Å². The largest absolute Gasteiger partial charge is 0.481 e. The van der Waals surface area contributed by atoms with Crippen molar-refractivity contribution in [2.75, 3.05) is 6.54 Å². The van der Waals surface area contributed by atoms with Crippen LogP contribution in [-0.4, -0.2) is 33.6 Å². The van der Waals surface area contributed by atoms with E-state index in [1.807, 2.05) is 0 Å². The maximum Gasteiger partial charge on any atom is 0.315 e. The Hall–Kier alpha value is -2.18. The zero-order chi connectivity index (χ0) is 13.4. The predicted octanol–water partition coefficient (Wildman–Crippen LogP) is 0.449. The first-order valence-corrected chi connectivity index (χ1v) is 5.60. The van der Waals surface area contributed by atoms with Crippen molar-refractivity contribution in [3.8, 4) is 0 Å². The molecule has 0 saturated heterocycles. The van der Waals surface area contributed by atoms with E-state index in [9.17, 15) is 9.59 Å². The second-order valence-corrected chi connectivity index (χ2v) is 3.70. The Labute approximate surface area is 105 Å². The van der Waals surface area contributed by atoms with Crippen LogP contribution in [0.2, 0.25) is 0 Å². The Morgan fingerprint density at radius 2 is 2.17 bits per heavy atom. The molecule has 0 fully saturated rings. The van der Waals surface area contributed by atoms with Crippen molar-refractivity contribution in [2.45, 2.75) is 26.3 Å². The molecule has 0 bridgehead atoms. The molecule has 0 aromatic carbocycles. The minimum Gasteiger partial charge on any atom is -0.481 e. The summed E-state index contributed by atoms with van der Waals surface area (Å²) >= 11 is 0. The molecule has 0 saturated carbocycles. The number of amides is 2. The van der Waals surface area contributed by atoms with Gasteiger partial charge in [0.25, 0.3) is 0 Å². The van der Waals surface area contributed by atoms with E-state index in [0.717, 1.165) is 5.69 Å². The summed E-state index contributed by atoms with van der Waals surface area (Å²) in [5.74, 6) is -0.218. The highest BCUT2D eigenvalue weighted by Gasteiger charge is 2.02. The van der Waals surface area contributed by atoms with Crippen molar-refractivity contribution in [3.63, 3.8) is 0 Å². The zero-order valence-electron chi connectivity index (χ0n) is 10.1. The molecule has 0 aliphatic heterocycles. The van der Waals surface area contributed by atoms with Crippen molar-refractivity contribution in [1.82, 2.24) is 20.6 Å². The van der Waals surface area contributed by atoms with Crippen LogP contribution in [0.5, 0.6) is 0 Å². The third-order valence-corrected chi connectivity index (χ3v) is 2.12. The third-order valence-electron chi connectivity index (χ3n) is 2.12. The van der Waals surface area contributed by atoms with E-state index in [2.05, 4.69) is 20.6 Å². The molecule has 1 aromatic heterocycles. The lowest BCUT2D eigenvalue weighted by Crippen LogP contribution is -2.35. The van der Waals surface area contributed by atoms with Gasteiger partial charge in [0.1, 0.15) is 5.82 Å². The number of hydrogen-bond acceptors (Lipinski definition) is 4. The molecule has 0 aliphatic carbocycles. The van der Waals surface area contributed by atoms with Crippen molar-refractivity contribution in [3.05, 3.63) is 23.8 Å². The van der Waals surface area contributed by atoms with Gasteiger partial charge in [-0.05, 0) is 19.4 Å². The standard InChI is InChI=1S/C11H16N4O3/c1-8-12-6-4-9(15-8)7-14-11(18)13-5-2-3-10(16)17/h4,6H,2-3,5,7H2,1H3,(H,16,17)(H2,13,14,18). The molecule has 0 atom stereocenters. The monoisotopic (exact) mass is 252 g/mol. The lowest BCUT2D eigenvalue weighted by Gasteiger charge is -2.06. The van der Waals surface area contributed by atoms with Crippen molar-refractivity contribution in [2.24, 2.45) is 0 Å². The van der Waals surface area contributed by atoms with E-state index in [1.165, 1.54) is 0 Å². The Balaban J connectivity index is 2.19. The van der Waals surface area contributed by atoms with Crippen LogP contribution >= 0.6 is 0 Å². The molecule has 3 N–H and O–H groups in total. The maximum absolute atomic E-state index is 11.3. The lowest BCUT2D eigenvalue weighted by atomic mass is 10.3. The first-order chi connectivity index (χ1) is 8.58. The maximum atomic E-state index is 11.3. The highest BCUT2D eigenvalue weighted by molar-refractivity contribution is 5.73. The summed E-state index contributed by atoms with van der Waals surface area (Å²) in [7, 11) is 0. The van der Waals surface area contributed by atoms with Crippen LogP contribution in [0, 0.1) is 6.92 Å². The molecule has 0 spiro atoms. The summed E-state index contributed by atoms with van der Waals surface area (Å²) in [4.78, 5) is 29.7. The van der Waals surface area contributed by atoms with Crippen LogP contribution < -0.4 is 10.6 Å². The first kappa shape index (κ1) is 13.9. The molecule has 2 amide bonds. The summed E-state index contributed by atoms with van der Waals surface area (Å²) in [6.07, 6.45) is 2.09. The fourth-order valence-electron chi connectivity index (χ4n) is 1.28. The normalized spacial score (nSPS) is 9.83. The minimum atomic E-state index is -0.867. The number of aromatic nitrogens is 2. The number of carboxylic acids is 1. The molecule has 0 radical (unpaired) electrons. The van der Waals surface area contributed by atoms with E-state index >= 15 is 0 Å². The summed E-state index contributed by atoms with van der Waals surface area (Å²) in [5, 5.41) is 13.6. The Morgan fingerprint density at radius 3 is 2.83 bits per heavy atom. The van der Waals surface area contributed by atoms with Gasteiger partial charge in [0.05, 0.1) is 12.2 Å². The van der Waals surface area contributed by atoms with Gasteiger partial charge in [0.15, 0.2) is 0 Å². The quantitative estimate of drug-likeness (QED) is 0.637. The SMILES string of the molecule is Cc1nccc(CNC(=O)NCCCC(=O)O)n1. The average Bonchev–Trinajstić information content (AvgIpc) is 2.32. The number of carbonyl (C=O) groups is 2. The van der Waals surface area contributed by atoms with Crippen LogP contribution in [-0.2, 0) is 11.3 Å². The van der Waals surface area contributed by atoms with Gasteiger partial charge in [-0.1, -0.05) is 0 Å². The molecule has 1 rings (SSSR count). The first-order valence-electron chi connectivity index (χ1n) is 5.60. The van der Waals surface area contributed by atoms with Crippen LogP contribution in [0.1, 0.15) is 24.4 Å². The van der Waals surface area contributed by atoms with Crippen LogP contribution in [0.4, 0.5) is 4.79 Å². The van der Waals surface area contributed by atoms with Crippen molar-refractivity contribution >= 4 is 12.0 Å². The van der Waals surface area contributed by atoms with Gasteiger partial charge in [0.2, 0.25) is 0 Å². The topological polar surface area (TPSA) is 104 Å². The summed E-state index contributed by atoms with van der Waals surface area (Å²) < 4.78 is 0. The van der Waals surface area contributed by atoms with Gasteiger partial charge in [-0.3, -0.25) is 4.79 Å². The number of hydrogen-bond donors (Lipinski definition) is 3. The zero-order valence-corrected chi connectivity index (χ0v) is 10.1. The second-order valence-electron chi connectivity index (χ2n) is 3.70. The lowest BCUT2D eigenvalue weighted by molar-refractivity contribution is -0.137. The number of nitrogens with zero attached hydrogens (tertiary/aromatic N) is 2. The average molecular weight is 252 g/mol. The van der Waals surface area contributed by atoms with E-state index in [-0.39, 0.29) is 12.5 Å². The van der Waals surface area contributed by atoms with E-state index in [1.54, 1.807) is 19.2 Å². The molecule has 98 valence electrons. The number of aliphatic carboxylic acids is 1. The number of nitrogens with one attached hydrogen (secondary N) is 2. The molecule has 1 heterocycles. The summed E-state index contributed by atoms with van der Waals surface area (Å²) in [6, 6.07) is 1.38. The van der Waals surface area contributed by atoms with E-state index in [4.69, 9.17) is 5.11 Å². The summed E-state index contributed by atoms with van der Waals surface area (Å²) in [6.45, 7) is 2.42. The van der Waals surface area contributed by atoms with Crippen LogP contribution in [0.3, 0.4) is 0 Å². The predicted molar refractivity (Wildman–Crippen MR) is 63.9 cm³/mol. The molecule has 7 nitrogen and oxygen atoms in total. The second kappa shape index (κ2) is 7.21. The number of carbonyl (C=O) groups excluding carboxylic acids is 1. The molecule has 0 aliphatic rings. The number of aryl methyl sites for hydroxylation is 1. The van der Waals surface area contributed by atoms with Gasteiger partial charge >= 0.3 is 12.0 Å². The Bertz CT molecular complexity index is 423. The Morgan fingerprint density at radius 1 is 1.39 bits per heavy atom. The van der Waals surface area contributed by atoms with Crippen LogP contribution in [0.15, 0.2) is 12.3 Å². The van der Waals surface area contributed by atoms with Gasteiger partial charge in [-0.15, -0.1) is 0 Å². The van der Waals surface area contributed by atoms with Crippen molar-refractivity contribution in [1.29, 1.82) is 0 Å². The van der Waals surface area contributed by atoms with Crippen molar-refractivity contribution < 1.29 is 14.7 Å². The molecule has 18 heavy (non-hydrogen) atoms. The number of rotatable bonds is 6. The minimum absolute atomic E-state index is 0.0470. The molecular formula is C11H16N4O3. The molecular weight excluding hydrogens is 236 g/mol. The van der Waals surface area contributed by atoms with Crippen LogP contribution in [0.25, 0.3) is 0 Å². The third kappa shape index (κ3) is 5.78. The van der Waals surface area contributed by atoms with Gasteiger partial charge in [-0.25, -0.2) is 14.8 Å². The fraction of sp³-hybridized carbons (Fsp3) is 0.455. The number of urea groups is 1. The molecule has 1 aromatic rings. The number of carboxylic acid groups (broad SMARTS) is 1. The highest BCUT2D eigenvalue weighted by atomic mass is 16.4.